The summed E-state index contributed by atoms with van der Waals surface area (Å²) in [6, 6.07) is 9.36. The van der Waals surface area contributed by atoms with Crippen LogP contribution in [0, 0.1) is 23.7 Å². The average molecular weight is 535 g/mol. The van der Waals surface area contributed by atoms with Gasteiger partial charge < -0.3 is 21.4 Å². The monoisotopic (exact) mass is 534 g/mol. The molecule has 204 valence electrons. The highest BCUT2D eigenvalue weighted by Crippen LogP contribution is 2.51. The van der Waals surface area contributed by atoms with E-state index in [2.05, 4.69) is 10.9 Å². The quantitative estimate of drug-likeness (QED) is 0.260. The summed E-state index contributed by atoms with van der Waals surface area (Å²) in [5, 5.41) is 22.4. The van der Waals surface area contributed by atoms with Gasteiger partial charge in [-0.1, -0.05) is 18.2 Å². The van der Waals surface area contributed by atoms with Crippen LogP contribution in [0.5, 0.6) is 5.75 Å². The summed E-state index contributed by atoms with van der Waals surface area (Å²) in [5.41, 5.74) is 11.3. The van der Waals surface area contributed by atoms with Gasteiger partial charge in [0, 0.05) is 18.7 Å². The summed E-state index contributed by atoms with van der Waals surface area (Å²) < 4.78 is 0. The van der Waals surface area contributed by atoms with Crippen molar-refractivity contribution in [3.05, 3.63) is 47.5 Å². The van der Waals surface area contributed by atoms with E-state index in [1.165, 1.54) is 11.0 Å². The maximum absolute atomic E-state index is 13.9. The molecule has 3 aliphatic rings. The molecule has 39 heavy (non-hydrogen) atoms. The molecule has 6 N–H and O–H groups in total. The van der Waals surface area contributed by atoms with E-state index in [9.17, 15) is 34.2 Å². The number of Topliss-reactive ketones (excluding diaryl/α,β-unsaturated/α-hetero) is 4. The molecule has 2 aromatic carbocycles. The van der Waals surface area contributed by atoms with E-state index < -0.39 is 64.4 Å². The summed E-state index contributed by atoms with van der Waals surface area (Å²) in [6.07, 6.45) is 0.204. The highest BCUT2D eigenvalue weighted by molar-refractivity contribution is 6.32. The molecule has 11 heteroatoms. The Morgan fingerprint density at radius 2 is 1.72 bits per heavy atom. The van der Waals surface area contributed by atoms with Gasteiger partial charge in [-0.25, -0.2) is 5.43 Å². The summed E-state index contributed by atoms with van der Waals surface area (Å²) in [4.78, 5) is 67.8. The van der Waals surface area contributed by atoms with Crippen LogP contribution < -0.4 is 16.6 Å². The number of carbonyl (C=O) groups excluding carboxylic acids is 5. The van der Waals surface area contributed by atoms with Crippen molar-refractivity contribution < 1.29 is 34.2 Å². The Kier molecular flexibility index (Phi) is 6.41. The molecule has 0 spiro atoms. The molecule has 5 rings (SSSR count). The first-order valence-electron chi connectivity index (χ1n) is 12.7. The summed E-state index contributed by atoms with van der Waals surface area (Å²) in [5.74, 6) is -10.6. The Morgan fingerprint density at radius 1 is 1.05 bits per heavy atom. The molecule has 2 saturated carbocycles. The Bertz CT molecular complexity index is 1420. The van der Waals surface area contributed by atoms with E-state index in [4.69, 9.17) is 5.73 Å². The van der Waals surface area contributed by atoms with Crippen LogP contribution in [0.25, 0.3) is 11.1 Å². The second kappa shape index (κ2) is 9.37. The fourth-order valence-electron chi connectivity index (χ4n) is 6.75. The van der Waals surface area contributed by atoms with Gasteiger partial charge in [0.05, 0.1) is 17.5 Å². The second-order valence-electron chi connectivity index (χ2n) is 10.7. The number of nitrogens with zero attached hydrogens (tertiary/aromatic N) is 1. The molecule has 0 heterocycles. The van der Waals surface area contributed by atoms with Crippen molar-refractivity contribution in [3.63, 3.8) is 0 Å². The Labute approximate surface area is 224 Å². The maximum atomic E-state index is 13.9. The lowest BCUT2D eigenvalue weighted by molar-refractivity contribution is -0.181. The molecule has 2 unspecified atom stereocenters. The number of hydrogen-bond acceptors (Lipinski definition) is 10. The number of amides is 1. The summed E-state index contributed by atoms with van der Waals surface area (Å²) in [7, 11) is 4.84. The van der Waals surface area contributed by atoms with Crippen molar-refractivity contribution in [1.29, 1.82) is 0 Å². The minimum atomic E-state index is -2.74. The SMILES string of the molecule is CNNc1ccc(-c2ccc(O)c3c2C[C@H]2C[C@H]4[C@H](N(C)C)C(=O)C(C(N)=O)C(=O)[C@@]4(O)C(=O)C2C3=O)cc1. The number of anilines is 1. The number of nitrogens with two attached hydrogens (primary N) is 1. The van der Waals surface area contributed by atoms with E-state index in [1.54, 1.807) is 27.2 Å². The van der Waals surface area contributed by atoms with Crippen molar-refractivity contribution in [2.24, 2.45) is 29.4 Å². The molecule has 2 aromatic rings. The Hall–Kier alpha value is -3.93. The Balaban J connectivity index is 1.62. The van der Waals surface area contributed by atoms with Crippen molar-refractivity contribution in [2.75, 3.05) is 26.6 Å². The maximum Gasteiger partial charge on any atom is 0.235 e. The number of ketones is 4. The van der Waals surface area contributed by atoms with Gasteiger partial charge in [-0.15, -0.1) is 0 Å². The smallest absolute Gasteiger partial charge is 0.235 e. The predicted molar refractivity (Wildman–Crippen MR) is 139 cm³/mol. The van der Waals surface area contributed by atoms with Crippen LogP contribution in [-0.2, 0) is 25.6 Å². The Morgan fingerprint density at radius 3 is 2.31 bits per heavy atom. The molecule has 11 nitrogen and oxygen atoms in total. The standard InChI is InChI=1S/C28H30N4O7/c1-30-31-14-6-4-12(5-7-14)15-8-9-18(33)20-16(15)10-13-11-17-22(32(2)3)24(35)21(27(29)38)26(37)28(17,39)25(36)19(13)23(20)34/h4-9,13,17,19,21-22,30-31,33,39H,10-11H2,1-3H3,(H2,29,38)/t13-,17-,19?,21?,22-,28-/m0/s1. The van der Waals surface area contributed by atoms with Crippen molar-refractivity contribution in [2.45, 2.75) is 24.5 Å². The molecule has 2 fully saturated rings. The first-order valence-corrected chi connectivity index (χ1v) is 12.7. The number of phenolic OH excluding ortho intramolecular Hbond substituents is 1. The molecule has 0 aromatic heterocycles. The zero-order chi connectivity index (χ0) is 28.4. The van der Waals surface area contributed by atoms with Gasteiger partial charge in [0.25, 0.3) is 0 Å². The largest absolute Gasteiger partial charge is 0.507 e. The third-order valence-corrected chi connectivity index (χ3v) is 8.41. The normalized spacial score (nSPS) is 30.0. The van der Waals surface area contributed by atoms with Gasteiger partial charge >= 0.3 is 0 Å². The van der Waals surface area contributed by atoms with Gasteiger partial charge in [-0.05, 0) is 67.7 Å². The number of aromatic hydroxyl groups is 1. The van der Waals surface area contributed by atoms with E-state index in [0.717, 1.165) is 11.3 Å². The minimum absolute atomic E-state index is 0.00399. The van der Waals surface area contributed by atoms with E-state index in [1.807, 2.05) is 24.3 Å². The van der Waals surface area contributed by atoms with Crippen LogP contribution in [0.3, 0.4) is 0 Å². The molecule has 1 amide bonds. The molecule has 0 aliphatic heterocycles. The zero-order valence-corrected chi connectivity index (χ0v) is 21.7. The minimum Gasteiger partial charge on any atom is -0.507 e. The van der Waals surface area contributed by atoms with Crippen LogP contribution >= 0.6 is 0 Å². The van der Waals surface area contributed by atoms with E-state index in [0.29, 0.717) is 11.1 Å². The molecular formula is C28H30N4O7. The number of rotatable bonds is 5. The van der Waals surface area contributed by atoms with Crippen molar-refractivity contribution >= 4 is 34.7 Å². The fourth-order valence-corrected chi connectivity index (χ4v) is 6.75. The molecule has 0 bridgehead atoms. The zero-order valence-electron chi connectivity index (χ0n) is 21.7. The number of primary amides is 1. The van der Waals surface area contributed by atoms with Gasteiger partial charge in [-0.2, -0.15) is 0 Å². The molecular weight excluding hydrogens is 504 g/mol. The predicted octanol–water partition coefficient (Wildman–Crippen LogP) is 0.0803. The van der Waals surface area contributed by atoms with Gasteiger partial charge in [0.2, 0.25) is 5.91 Å². The van der Waals surface area contributed by atoms with Crippen LogP contribution in [0.2, 0.25) is 0 Å². The second-order valence-corrected chi connectivity index (χ2v) is 10.7. The molecule has 0 radical (unpaired) electrons. The summed E-state index contributed by atoms with van der Waals surface area (Å²) >= 11 is 0. The van der Waals surface area contributed by atoms with Crippen molar-refractivity contribution in [3.8, 4) is 16.9 Å². The van der Waals surface area contributed by atoms with Gasteiger partial charge in [0.1, 0.15) is 5.75 Å². The first-order chi connectivity index (χ1) is 18.4. The number of phenols is 1. The lowest BCUT2D eigenvalue weighted by Gasteiger charge is -2.52. The number of hydrazine groups is 1. The number of fused-ring (bicyclic) bond motifs is 3. The van der Waals surface area contributed by atoms with Crippen LogP contribution in [0.4, 0.5) is 5.69 Å². The number of nitrogens with one attached hydrogen (secondary N) is 2. The lowest BCUT2D eigenvalue weighted by atomic mass is 9.52. The number of hydrogen-bond donors (Lipinski definition) is 5. The third-order valence-electron chi connectivity index (χ3n) is 8.41. The number of benzene rings is 2. The molecule has 6 atom stereocenters. The topological polar surface area (TPSA) is 179 Å². The highest BCUT2D eigenvalue weighted by atomic mass is 16.3. The van der Waals surface area contributed by atoms with Gasteiger partial charge in [-0.3, -0.25) is 28.9 Å². The third kappa shape index (κ3) is 3.80. The van der Waals surface area contributed by atoms with E-state index in [-0.39, 0.29) is 24.2 Å². The van der Waals surface area contributed by atoms with Crippen LogP contribution in [-0.4, -0.2) is 76.9 Å². The fraction of sp³-hybridized carbons (Fsp3) is 0.393. The van der Waals surface area contributed by atoms with Crippen LogP contribution in [0.15, 0.2) is 36.4 Å². The number of likely N-dealkylation sites (N-methyl/N-ethyl adjacent to an activating group) is 1. The molecule has 3 aliphatic carbocycles. The van der Waals surface area contributed by atoms with Crippen LogP contribution in [0.1, 0.15) is 22.3 Å². The van der Waals surface area contributed by atoms with Crippen molar-refractivity contribution in [1.82, 2.24) is 10.3 Å². The van der Waals surface area contributed by atoms with E-state index >= 15 is 0 Å². The lowest BCUT2D eigenvalue weighted by Crippen LogP contribution is -2.74. The number of aliphatic hydroxyl groups is 1. The first kappa shape index (κ1) is 26.7. The van der Waals surface area contributed by atoms with Gasteiger partial charge in [0.15, 0.2) is 34.7 Å². The summed E-state index contributed by atoms with van der Waals surface area (Å²) in [6.45, 7) is 0. The average Bonchev–Trinajstić information content (AvgIpc) is 2.87. The highest BCUT2D eigenvalue weighted by Gasteiger charge is 2.69. The number of carbonyl (C=O) groups is 5. The molecule has 0 saturated heterocycles.